The molecule has 6 nitrogen and oxygen atoms in total. The number of nitrogens with one attached hydrogen (secondary N) is 1. The van der Waals surface area contributed by atoms with Gasteiger partial charge in [0.05, 0.1) is 0 Å². The Balaban J connectivity index is 1.44. The number of fused-ring (bicyclic) bond motifs is 1. The zero-order valence-corrected chi connectivity index (χ0v) is 19.8. The van der Waals surface area contributed by atoms with E-state index in [1.807, 2.05) is 4.90 Å². The number of hydrogen-bond acceptors (Lipinski definition) is 3. The van der Waals surface area contributed by atoms with Crippen molar-refractivity contribution in [2.24, 2.45) is 10.9 Å². The molecule has 1 aromatic carbocycles. The van der Waals surface area contributed by atoms with Gasteiger partial charge in [-0.05, 0) is 56.3 Å². The average Bonchev–Trinajstić information content (AvgIpc) is 3.27. The second-order valence-corrected chi connectivity index (χ2v) is 8.76. The predicted octanol–water partition coefficient (Wildman–Crippen LogP) is 2.98. The van der Waals surface area contributed by atoms with E-state index < -0.39 is 0 Å². The van der Waals surface area contributed by atoms with Gasteiger partial charge in [0.15, 0.2) is 5.96 Å². The van der Waals surface area contributed by atoms with E-state index in [0.29, 0.717) is 18.9 Å². The molecule has 2 aliphatic rings. The number of aliphatic imine (C=N–C) groups is 1. The molecule has 3 rings (SSSR count). The molecular formula is C25H41N5O. The summed E-state index contributed by atoms with van der Waals surface area (Å²) in [5, 5.41) is 3.46. The summed E-state index contributed by atoms with van der Waals surface area (Å²) >= 11 is 0. The Kier molecular flexibility index (Phi) is 9.19. The molecule has 31 heavy (non-hydrogen) atoms. The molecule has 2 heterocycles. The van der Waals surface area contributed by atoms with Gasteiger partial charge in [-0.2, -0.15) is 0 Å². The minimum atomic E-state index is 0.259. The number of amides is 1. The van der Waals surface area contributed by atoms with E-state index in [-0.39, 0.29) is 5.91 Å². The Morgan fingerprint density at radius 3 is 2.65 bits per heavy atom. The van der Waals surface area contributed by atoms with E-state index in [1.54, 1.807) is 0 Å². The predicted molar refractivity (Wildman–Crippen MR) is 128 cm³/mol. The molecule has 0 radical (unpaired) electrons. The lowest BCUT2D eigenvalue weighted by molar-refractivity contribution is -0.132. The number of carbonyl (C=O) groups excluding carboxylic acids is 1. The Morgan fingerprint density at radius 2 is 1.90 bits per heavy atom. The smallest absolute Gasteiger partial charge is 0.222 e. The fourth-order valence-corrected chi connectivity index (χ4v) is 4.73. The third-order valence-electron chi connectivity index (χ3n) is 6.62. The molecular weight excluding hydrogens is 386 g/mol. The Hall–Kier alpha value is -2.08. The summed E-state index contributed by atoms with van der Waals surface area (Å²) in [6.07, 6.45) is 3.59. The van der Waals surface area contributed by atoms with Gasteiger partial charge < -0.3 is 20.0 Å². The van der Waals surface area contributed by atoms with Crippen molar-refractivity contribution in [1.29, 1.82) is 0 Å². The third-order valence-corrected chi connectivity index (χ3v) is 6.62. The SMILES string of the molecule is CCNC(=NCCCC(=O)N1CCc2ccccc2C1)N1CCC(CN(CC)CC)C1. The summed E-state index contributed by atoms with van der Waals surface area (Å²) in [5.41, 5.74) is 2.68. The largest absolute Gasteiger partial charge is 0.357 e. The molecule has 0 aromatic heterocycles. The zero-order chi connectivity index (χ0) is 22.1. The van der Waals surface area contributed by atoms with Gasteiger partial charge in [-0.25, -0.2) is 0 Å². The molecule has 1 unspecified atom stereocenters. The van der Waals surface area contributed by atoms with Crippen LogP contribution in [-0.2, 0) is 17.8 Å². The molecule has 1 aromatic rings. The summed E-state index contributed by atoms with van der Waals surface area (Å²) in [7, 11) is 0. The fraction of sp³-hybridized carbons (Fsp3) is 0.680. The van der Waals surface area contributed by atoms with Gasteiger partial charge in [-0.3, -0.25) is 9.79 Å². The summed E-state index contributed by atoms with van der Waals surface area (Å²) < 4.78 is 0. The summed E-state index contributed by atoms with van der Waals surface area (Å²) in [4.78, 5) is 24.5. The second kappa shape index (κ2) is 12.1. The van der Waals surface area contributed by atoms with Crippen molar-refractivity contribution >= 4 is 11.9 Å². The quantitative estimate of drug-likeness (QED) is 0.374. The Bertz CT molecular complexity index is 730. The van der Waals surface area contributed by atoms with Gasteiger partial charge in [0.25, 0.3) is 0 Å². The summed E-state index contributed by atoms with van der Waals surface area (Å²) in [6, 6.07) is 8.47. The molecule has 6 heteroatoms. The average molecular weight is 428 g/mol. The van der Waals surface area contributed by atoms with Gasteiger partial charge in [-0.15, -0.1) is 0 Å². The highest BCUT2D eigenvalue weighted by atomic mass is 16.2. The van der Waals surface area contributed by atoms with Crippen LogP contribution in [0.5, 0.6) is 0 Å². The van der Waals surface area contributed by atoms with Crippen molar-refractivity contribution in [3.05, 3.63) is 35.4 Å². The van der Waals surface area contributed by atoms with E-state index in [1.165, 1.54) is 24.1 Å². The lowest BCUT2D eigenvalue weighted by Gasteiger charge is -2.29. The number of likely N-dealkylation sites (tertiary alicyclic amines) is 1. The van der Waals surface area contributed by atoms with Crippen molar-refractivity contribution < 1.29 is 4.79 Å². The Labute approximate surface area is 188 Å². The number of nitrogens with zero attached hydrogens (tertiary/aromatic N) is 4. The van der Waals surface area contributed by atoms with E-state index in [9.17, 15) is 4.79 Å². The molecule has 1 atom stereocenters. The van der Waals surface area contributed by atoms with Gasteiger partial charge in [0.2, 0.25) is 5.91 Å². The van der Waals surface area contributed by atoms with Crippen LogP contribution in [-0.4, -0.2) is 78.9 Å². The van der Waals surface area contributed by atoms with Crippen molar-refractivity contribution in [1.82, 2.24) is 20.0 Å². The van der Waals surface area contributed by atoms with Crippen LogP contribution in [0.2, 0.25) is 0 Å². The fourth-order valence-electron chi connectivity index (χ4n) is 4.73. The van der Waals surface area contributed by atoms with Crippen LogP contribution in [0.3, 0.4) is 0 Å². The highest BCUT2D eigenvalue weighted by Crippen LogP contribution is 2.20. The van der Waals surface area contributed by atoms with Crippen LogP contribution in [0.15, 0.2) is 29.3 Å². The monoisotopic (exact) mass is 427 g/mol. The first-order valence-electron chi connectivity index (χ1n) is 12.2. The molecule has 172 valence electrons. The normalized spacial score (nSPS) is 19.1. The number of hydrogen-bond donors (Lipinski definition) is 1. The number of rotatable bonds is 9. The van der Waals surface area contributed by atoms with Crippen LogP contribution in [0.1, 0.15) is 51.2 Å². The third kappa shape index (κ3) is 6.70. The van der Waals surface area contributed by atoms with E-state index >= 15 is 0 Å². The van der Waals surface area contributed by atoms with Crippen LogP contribution in [0.4, 0.5) is 0 Å². The molecule has 0 bridgehead atoms. The maximum absolute atomic E-state index is 12.7. The van der Waals surface area contributed by atoms with Crippen molar-refractivity contribution in [2.45, 2.75) is 53.0 Å². The topological polar surface area (TPSA) is 51.2 Å². The van der Waals surface area contributed by atoms with E-state index in [0.717, 1.165) is 64.6 Å². The Morgan fingerprint density at radius 1 is 1.13 bits per heavy atom. The van der Waals surface area contributed by atoms with Crippen molar-refractivity contribution in [3.8, 4) is 0 Å². The zero-order valence-electron chi connectivity index (χ0n) is 19.8. The minimum Gasteiger partial charge on any atom is -0.357 e. The number of carbonyl (C=O) groups is 1. The first-order chi connectivity index (χ1) is 15.1. The van der Waals surface area contributed by atoms with Gasteiger partial charge in [0, 0.05) is 52.2 Å². The number of benzene rings is 1. The lowest BCUT2D eigenvalue weighted by atomic mass is 9.99. The highest BCUT2D eigenvalue weighted by Gasteiger charge is 2.26. The standard InChI is InChI=1S/C25H41N5O/c1-4-26-25(30-16-13-21(19-30)18-28(5-2)6-3)27-15-9-12-24(31)29-17-14-22-10-7-8-11-23(22)20-29/h7-8,10-11,21H,4-6,9,12-20H2,1-3H3,(H,26,27). The summed E-state index contributed by atoms with van der Waals surface area (Å²) in [5.74, 6) is 1.99. The van der Waals surface area contributed by atoms with Gasteiger partial charge >= 0.3 is 0 Å². The second-order valence-electron chi connectivity index (χ2n) is 8.76. The molecule has 1 fully saturated rings. The van der Waals surface area contributed by atoms with Crippen molar-refractivity contribution in [3.63, 3.8) is 0 Å². The molecule has 0 saturated carbocycles. The number of guanidine groups is 1. The van der Waals surface area contributed by atoms with Crippen molar-refractivity contribution in [2.75, 3.05) is 52.4 Å². The maximum Gasteiger partial charge on any atom is 0.222 e. The van der Waals surface area contributed by atoms with Crippen LogP contribution >= 0.6 is 0 Å². The molecule has 0 spiro atoms. The minimum absolute atomic E-state index is 0.259. The molecule has 2 aliphatic heterocycles. The van der Waals surface area contributed by atoms with E-state index in [4.69, 9.17) is 4.99 Å². The molecule has 1 amide bonds. The lowest BCUT2D eigenvalue weighted by Crippen LogP contribution is -2.41. The van der Waals surface area contributed by atoms with E-state index in [2.05, 4.69) is 60.2 Å². The highest BCUT2D eigenvalue weighted by molar-refractivity contribution is 5.80. The van der Waals surface area contributed by atoms with Crippen LogP contribution < -0.4 is 5.32 Å². The van der Waals surface area contributed by atoms with Gasteiger partial charge in [0.1, 0.15) is 0 Å². The first-order valence-corrected chi connectivity index (χ1v) is 12.2. The van der Waals surface area contributed by atoms with Crippen LogP contribution in [0, 0.1) is 5.92 Å². The molecule has 0 aliphatic carbocycles. The van der Waals surface area contributed by atoms with Crippen LogP contribution in [0.25, 0.3) is 0 Å². The van der Waals surface area contributed by atoms with Gasteiger partial charge in [-0.1, -0.05) is 38.1 Å². The summed E-state index contributed by atoms with van der Waals surface area (Å²) in [6.45, 7) is 15.3. The maximum atomic E-state index is 12.7. The molecule has 1 saturated heterocycles. The molecule has 1 N–H and O–H groups in total. The first kappa shape index (κ1) is 23.6.